The Morgan fingerprint density at radius 3 is 2.39 bits per heavy atom. The van der Waals surface area contributed by atoms with E-state index in [1.165, 1.54) is 31.1 Å². The SMILES string of the molecule is C=CC(=O)O[C@H]1[C@@H]2C(=C(O)c3c(O)cccc3[C@@H]2C)C(=O)[C@]2(O)C(O)=C(C(N)=O)C(=O)[C@@H](N(C)C)[C@@H]12. The van der Waals surface area contributed by atoms with Gasteiger partial charge in [0.2, 0.25) is 5.78 Å². The Morgan fingerprint density at radius 1 is 1.19 bits per heavy atom. The number of Topliss-reactive ketones (excluding diaryl/α,β-unsaturated/α-hetero) is 2. The van der Waals surface area contributed by atoms with Gasteiger partial charge in [-0.25, -0.2) is 4.79 Å². The lowest BCUT2D eigenvalue weighted by Crippen LogP contribution is -2.71. The van der Waals surface area contributed by atoms with Crippen LogP contribution in [0.4, 0.5) is 0 Å². The number of carbonyl (C=O) groups excluding carboxylic acids is 4. The molecule has 11 nitrogen and oxygen atoms in total. The normalized spacial score (nSPS) is 31.5. The highest BCUT2D eigenvalue weighted by Gasteiger charge is 2.69. The predicted molar refractivity (Wildman–Crippen MR) is 124 cm³/mol. The molecule has 11 heteroatoms. The molecule has 0 spiro atoms. The molecule has 0 unspecified atom stereocenters. The molecule has 1 amide bonds. The zero-order valence-electron chi connectivity index (χ0n) is 19.8. The number of nitrogens with two attached hydrogens (primary N) is 1. The molecule has 36 heavy (non-hydrogen) atoms. The third kappa shape index (κ3) is 3.12. The number of aliphatic hydroxyl groups excluding tert-OH is 2. The van der Waals surface area contributed by atoms with E-state index in [9.17, 15) is 39.6 Å². The number of fused-ring (bicyclic) bond motifs is 3. The number of aromatic hydroxyl groups is 1. The lowest BCUT2D eigenvalue weighted by Gasteiger charge is -2.54. The predicted octanol–water partition coefficient (Wildman–Crippen LogP) is 0.233. The van der Waals surface area contributed by atoms with Crippen LogP contribution >= 0.6 is 0 Å². The molecule has 3 aliphatic rings. The standard InChI is InChI=1S/C25H26N2O9/c1-5-12(29)36-21-13-9(2)10-7-6-8-11(28)14(10)19(30)15(13)22(32)25(35)17(21)18(27(3)4)20(31)16(23(25)33)24(26)34/h5-9,13,17-18,21,28,30,33,35H,1H2,2-4H3,(H2,26,34)/t9-,13-,17-,18-,21-,25-/m0/s1. The van der Waals surface area contributed by atoms with Crippen LogP contribution in [0.2, 0.25) is 0 Å². The zero-order chi connectivity index (χ0) is 26.9. The summed E-state index contributed by atoms with van der Waals surface area (Å²) in [6, 6.07) is 3.02. The molecule has 0 heterocycles. The average Bonchev–Trinajstić information content (AvgIpc) is 2.80. The maximum atomic E-state index is 14.0. The third-order valence-corrected chi connectivity index (χ3v) is 7.38. The molecular formula is C25H26N2O9. The molecule has 1 aromatic rings. The molecule has 6 atom stereocenters. The van der Waals surface area contributed by atoms with Gasteiger partial charge in [0.25, 0.3) is 5.91 Å². The van der Waals surface area contributed by atoms with E-state index in [4.69, 9.17) is 10.5 Å². The summed E-state index contributed by atoms with van der Waals surface area (Å²) < 4.78 is 5.62. The minimum absolute atomic E-state index is 0.0601. The number of phenolic OH excluding ortho intramolecular Hbond substituents is 1. The van der Waals surface area contributed by atoms with Crippen LogP contribution in [-0.2, 0) is 23.9 Å². The van der Waals surface area contributed by atoms with E-state index in [2.05, 4.69) is 6.58 Å². The molecular weight excluding hydrogens is 472 g/mol. The van der Waals surface area contributed by atoms with E-state index in [1.807, 2.05) is 0 Å². The molecule has 0 radical (unpaired) electrons. The van der Waals surface area contributed by atoms with Crippen molar-refractivity contribution >= 4 is 29.2 Å². The van der Waals surface area contributed by atoms with Gasteiger partial charge in [0.05, 0.1) is 17.5 Å². The number of hydrogen-bond donors (Lipinski definition) is 5. The van der Waals surface area contributed by atoms with Crippen LogP contribution in [0.5, 0.6) is 5.75 Å². The first-order chi connectivity index (χ1) is 16.8. The fourth-order valence-electron chi connectivity index (χ4n) is 5.87. The van der Waals surface area contributed by atoms with Gasteiger partial charge >= 0.3 is 5.97 Å². The number of aliphatic hydroxyl groups is 3. The van der Waals surface area contributed by atoms with E-state index in [-0.39, 0.29) is 11.3 Å². The molecule has 0 aromatic heterocycles. The van der Waals surface area contributed by atoms with Gasteiger partial charge in [0, 0.05) is 17.6 Å². The summed E-state index contributed by atoms with van der Waals surface area (Å²) in [5.41, 5.74) is 1.32. The number of carbonyl (C=O) groups is 4. The van der Waals surface area contributed by atoms with E-state index < -0.39 is 81.6 Å². The molecule has 1 fully saturated rings. The van der Waals surface area contributed by atoms with Crippen molar-refractivity contribution in [1.29, 1.82) is 0 Å². The van der Waals surface area contributed by atoms with Crippen molar-refractivity contribution in [2.75, 3.05) is 14.1 Å². The van der Waals surface area contributed by atoms with Crippen molar-refractivity contribution in [2.24, 2.45) is 17.6 Å². The van der Waals surface area contributed by atoms with E-state index in [1.54, 1.807) is 13.0 Å². The molecule has 0 saturated heterocycles. The van der Waals surface area contributed by atoms with E-state index in [0.29, 0.717) is 5.56 Å². The molecule has 1 saturated carbocycles. The lowest BCUT2D eigenvalue weighted by molar-refractivity contribution is -0.182. The number of benzene rings is 1. The zero-order valence-corrected chi connectivity index (χ0v) is 19.8. The molecule has 0 aliphatic heterocycles. The Hall–Kier alpha value is -3.96. The lowest BCUT2D eigenvalue weighted by atomic mass is 9.54. The van der Waals surface area contributed by atoms with Gasteiger partial charge < -0.3 is 30.9 Å². The Morgan fingerprint density at radius 2 is 1.83 bits per heavy atom. The second-order valence-electron chi connectivity index (χ2n) is 9.41. The van der Waals surface area contributed by atoms with Crippen molar-refractivity contribution in [3.8, 4) is 5.75 Å². The second kappa shape index (κ2) is 8.32. The van der Waals surface area contributed by atoms with Crippen LogP contribution < -0.4 is 5.73 Å². The quantitative estimate of drug-likeness (QED) is 0.218. The van der Waals surface area contributed by atoms with E-state index >= 15 is 0 Å². The summed E-state index contributed by atoms with van der Waals surface area (Å²) in [4.78, 5) is 53.2. The fraction of sp³-hybridized carbons (Fsp3) is 0.360. The summed E-state index contributed by atoms with van der Waals surface area (Å²) in [5, 5.41) is 44.5. The van der Waals surface area contributed by atoms with Gasteiger partial charge in [0.1, 0.15) is 28.9 Å². The smallest absolute Gasteiger partial charge is 0.330 e. The fourth-order valence-corrected chi connectivity index (χ4v) is 5.87. The van der Waals surface area contributed by atoms with Gasteiger partial charge in [-0.3, -0.25) is 19.3 Å². The topological polar surface area (TPSA) is 188 Å². The number of nitrogens with zero attached hydrogens (tertiary/aromatic N) is 1. The van der Waals surface area contributed by atoms with Crippen LogP contribution in [0, 0.1) is 11.8 Å². The number of primary amides is 1. The summed E-state index contributed by atoms with van der Waals surface area (Å²) in [6.07, 6.45) is -0.611. The molecule has 3 aliphatic carbocycles. The van der Waals surface area contributed by atoms with Crippen LogP contribution in [-0.4, -0.2) is 80.6 Å². The summed E-state index contributed by atoms with van der Waals surface area (Å²) >= 11 is 0. The Labute approximate surface area is 205 Å². The Kier molecular flexibility index (Phi) is 5.81. The largest absolute Gasteiger partial charge is 0.508 e. The van der Waals surface area contributed by atoms with Crippen molar-refractivity contribution in [3.63, 3.8) is 0 Å². The minimum Gasteiger partial charge on any atom is -0.508 e. The number of likely N-dealkylation sites (N-methyl/N-ethyl adjacent to an activating group) is 1. The number of amides is 1. The monoisotopic (exact) mass is 498 g/mol. The summed E-state index contributed by atoms with van der Waals surface area (Å²) in [5.74, 6) is -10.2. The molecule has 190 valence electrons. The molecule has 0 bridgehead atoms. The maximum Gasteiger partial charge on any atom is 0.330 e. The van der Waals surface area contributed by atoms with Crippen molar-refractivity contribution in [2.45, 2.75) is 30.6 Å². The molecule has 4 rings (SSSR count). The highest BCUT2D eigenvalue weighted by molar-refractivity contribution is 6.24. The third-order valence-electron chi connectivity index (χ3n) is 7.38. The Bertz CT molecular complexity index is 1290. The van der Waals surface area contributed by atoms with Gasteiger partial charge in [-0.2, -0.15) is 0 Å². The van der Waals surface area contributed by atoms with Gasteiger partial charge in [-0.1, -0.05) is 25.6 Å². The van der Waals surface area contributed by atoms with Crippen LogP contribution in [0.25, 0.3) is 5.76 Å². The van der Waals surface area contributed by atoms with Crippen LogP contribution in [0.1, 0.15) is 24.0 Å². The maximum absolute atomic E-state index is 14.0. The average molecular weight is 498 g/mol. The van der Waals surface area contributed by atoms with E-state index in [0.717, 1.165) is 6.08 Å². The number of ether oxygens (including phenoxy) is 1. The highest BCUT2D eigenvalue weighted by Crippen LogP contribution is 2.56. The van der Waals surface area contributed by atoms with Crippen LogP contribution in [0.3, 0.4) is 0 Å². The number of esters is 1. The molecule has 6 N–H and O–H groups in total. The first kappa shape index (κ1) is 25.1. The van der Waals surface area contributed by atoms with Crippen molar-refractivity contribution < 1.29 is 44.3 Å². The number of phenols is 1. The second-order valence-corrected chi connectivity index (χ2v) is 9.41. The van der Waals surface area contributed by atoms with Gasteiger partial charge in [-0.05, 0) is 31.6 Å². The van der Waals surface area contributed by atoms with Crippen molar-refractivity contribution in [1.82, 2.24) is 4.90 Å². The van der Waals surface area contributed by atoms with Crippen molar-refractivity contribution in [3.05, 3.63) is 58.9 Å². The number of ketones is 2. The number of rotatable bonds is 4. The Balaban J connectivity index is 2.12. The first-order valence-electron chi connectivity index (χ1n) is 11.1. The van der Waals surface area contributed by atoms with Crippen LogP contribution in [0.15, 0.2) is 47.8 Å². The van der Waals surface area contributed by atoms with Gasteiger partial charge in [-0.15, -0.1) is 0 Å². The highest BCUT2D eigenvalue weighted by atomic mass is 16.5. The molecule has 1 aromatic carbocycles. The first-order valence-corrected chi connectivity index (χ1v) is 11.1. The van der Waals surface area contributed by atoms with Gasteiger partial charge in [0.15, 0.2) is 11.4 Å². The number of hydrogen-bond acceptors (Lipinski definition) is 10. The summed E-state index contributed by atoms with van der Waals surface area (Å²) in [6.45, 7) is 5.04. The summed E-state index contributed by atoms with van der Waals surface area (Å²) in [7, 11) is 2.89. The minimum atomic E-state index is -2.97.